The summed E-state index contributed by atoms with van der Waals surface area (Å²) in [5.41, 5.74) is 0. The maximum absolute atomic E-state index is 13.1. The molecule has 19 heteroatoms. The predicted octanol–water partition coefficient (Wildman–Crippen LogP) is 26.2. The molecule has 0 aliphatic heterocycles. The summed E-state index contributed by atoms with van der Waals surface area (Å²) in [4.78, 5) is 73.1. The van der Waals surface area contributed by atoms with Gasteiger partial charge < -0.3 is 33.8 Å². The van der Waals surface area contributed by atoms with Crippen molar-refractivity contribution in [1.29, 1.82) is 0 Å². The normalized spacial score (nSPS) is 14.1. The number of phosphoric acid groups is 2. The molecular weight excluding hydrogens is 1370 g/mol. The van der Waals surface area contributed by atoms with Gasteiger partial charge in [-0.2, -0.15) is 0 Å². The number of carbonyl (C=O) groups excluding carboxylic acids is 4. The lowest BCUT2D eigenvalue weighted by molar-refractivity contribution is -0.161. The molecule has 0 saturated heterocycles. The topological polar surface area (TPSA) is 237 Å². The van der Waals surface area contributed by atoms with Gasteiger partial charge in [0.2, 0.25) is 0 Å². The molecule has 0 amide bonds. The zero-order valence-electron chi connectivity index (χ0n) is 69.0. The number of rotatable bonds is 85. The van der Waals surface area contributed by atoms with Gasteiger partial charge in [0.05, 0.1) is 26.4 Å². The summed E-state index contributed by atoms with van der Waals surface area (Å²) in [6.45, 7) is 9.65. The fourth-order valence-electron chi connectivity index (χ4n) is 13.4. The van der Waals surface area contributed by atoms with Gasteiger partial charge in [0.15, 0.2) is 12.2 Å². The van der Waals surface area contributed by atoms with Crippen molar-refractivity contribution in [2.75, 3.05) is 39.6 Å². The highest BCUT2D eigenvalue weighted by atomic mass is 31.2. The predicted molar refractivity (Wildman–Crippen MR) is 432 cm³/mol. The number of unbranched alkanes of at least 4 members (excludes halogenated alkanes) is 54. The molecule has 3 N–H and O–H groups in total. The van der Waals surface area contributed by atoms with Gasteiger partial charge in [0, 0.05) is 25.7 Å². The van der Waals surface area contributed by atoms with Gasteiger partial charge in [0.25, 0.3) is 0 Å². The molecule has 6 atom stereocenters. The summed E-state index contributed by atoms with van der Waals surface area (Å²) in [5, 5.41) is 10.7. The summed E-state index contributed by atoms with van der Waals surface area (Å²) in [6, 6.07) is 0. The van der Waals surface area contributed by atoms with Gasteiger partial charge >= 0.3 is 39.5 Å². The average molecular weight is 1540 g/mol. The van der Waals surface area contributed by atoms with Crippen LogP contribution in [0.5, 0.6) is 0 Å². The van der Waals surface area contributed by atoms with Gasteiger partial charge in [-0.1, -0.05) is 408 Å². The van der Waals surface area contributed by atoms with Crippen molar-refractivity contribution in [1.82, 2.24) is 0 Å². The molecule has 0 rings (SSSR count). The number of phosphoric ester groups is 2. The lowest BCUT2D eigenvalue weighted by atomic mass is 9.99. The first-order valence-electron chi connectivity index (χ1n) is 44.5. The number of aliphatic hydroxyl groups excluding tert-OH is 1. The third kappa shape index (κ3) is 78.5. The SMILES string of the molecule is CCCCCCCCCCCCCCCCCCCCCCCC(=O)OC[C@H](COP(=O)(O)OC[C@@H](O)COP(=O)(O)OC[C@@H](COC(=O)CCCCCCCCC(C)C)OC(=O)CCCCCCCCCCCCCCC)OC(=O)CCCCCCCCCCCCCCCCCCCCC(C)CC. The molecule has 0 saturated carbocycles. The molecule has 0 radical (unpaired) electrons. The number of hydrogen-bond donors (Lipinski definition) is 3. The van der Waals surface area contributed by atoms with Crippen LogP contribution in [0.1, 0.15) is 459 Å². The molecule has 17 nitrogen and oxygen atoms in total. The second-order valence-electron chi connectivity index (χ2n) is 31.6. The van der Waals surface area contributed by atoms with Crippen LogP contribution < -0.4 is 0 Å². The fraction of sp³-hybridized carbons (Fsp3) is 0.953. The van der Waals surface area contributed by atoms with E-state index in [1.54, 1.807) is 0 Å². The molecule has 0 fully saturated rings. The maximum Gasteiger partial charge on any atom is 0.472 e. The van der Waals surface area contributed by atoms with Crippen LogP contribution in [0.2, 0.25) is 0 Å². The van der Waals surface area contributed by atoms with Crippen LogP contribution in [-0.2, 0) is 65.4 Å². The van der Waals surface area contributed by atoms with E-state index in [1.807, 2.05) is 0 Å². The smallest absolute Gasteiger partial charge is 0.462 e. The van der Waals surface area contributed by atoms with E-state index >= 15 is 0 Å². The zero-order chi connectivity index (χ0) is 77.1. The fourth-order valence-corrected chi connectivity index (χ4v) is 15.0. The van der Waals surface area contributed by atoms with Gasteiger partial charge in [-0.15, -0.1) is 0 Å². The quantitative estimate of drug-likeness (QED) is 0.0222. The third-order valence-electron chi connectivity index (χ3n) is 20.6. The molecule has 0 aliphatic rings. The van der Waals surface area contributed by atoms with Crippen LogP contribution in [0.4, 0.5) is 0 Å². The molecule has 0 aromatic heterocycles. The van der Waals surface area contributed by atoms with Crippen LogP contribution >= 0.6 is 15.6 Å². The Morgan fingerprint density at radius 3 is 0.724 bits per heavy atom. The van der Waals surface area contributed by atoms with Crippen molar-refractivity contribution >= 4 is 39.5 Å². The van der Waals surface area contributed by atoms with Crippen molar-refractivity contribution in [3.05, 3.63) is 0 Å². The van der Waals surface area contributed by atoms with Gasteiger partial charge in [0.1, 0.15) is 19.3 Å². The Morgan fingerprint density at radius 2 is 0.486 bits per heavy atom. The molecule has 3 unspecified atom stereocenters. The Kier molecular flexibility index (Phi) is 76.0. The second kappa shape index (κ2) is 77.4. The van der Waals surface area contributed by atoms with E-state index < -0.39 is 97.5 Å². The average Bonchev–Trinajstić information content (AvgIpc) is 0.922. The molecule has 0 spiro atoms. The minimum atomic E-state index is -4.97. The van der Waals surface area contributed by atoms with E-state index in [1.165, 1.54) is 270 Å². The first kappa shape index (κ1) is 103. The first-order valence-corrected chi connectivity index (χ1v) is 47.5. The van der Waals surface area contributed by atoms with E-state index in [2.05, 4.69) is 41.5 Å². The van der Waals surface area contributed by atoms with Crippen molar-refractivity contribution in [3.8, 4) is 0 Å². The molecule has 0 heterocycles. The largest absolute Gasteiger partial charge is 0.472 e. The Morgan fingerprint density at radius 1 is 0.276 bits per heavy atom. The minimum absolute atomic E-state index is 0.107. The zero-order valence-corrected chi connectivity index (χ0v) is 70.8. The minimum Gasteiger partial charge on any atom is -0.462 e. The summed E-state index contributed by atoms with van der Waals surface area (Å²) >= 11 is 0. The lowest BCUT2D eigenvalue weighted by Gasteiger charge is -2.21. The molecule has 0 aromatic rings. The van der Waals surface area contributed by atoms with Crippen molar-refractivity contribution in [3.63, 3.8) is 0 Å². The van der Waals surface area contributed by atoms with E-state index in [0.29, 0.717) is 31.6 Å². The van der Waals surface area contributed by atoms with E-state index in [0.717, 1.165) is 102 Å². The Bertz CT molecular complexity index is 2010. The van der Waals surface area contributed by atoms with Crippen LogP contribution in [-0.4, -0.2) is 96.7 Å². The highest BCUT2D eigenvalue weighted by Crippen LogP contribution is 2.45. The van der Waals surface area contributed by atoms with Crippen LogP contribution in [0.3, 0.4) is 0 Å². The maximum atomic E-state index is 13.1. The van der Waals surface area contributed by atoms with Crippen molar-refractivity contribution < 1.29 is 80.2 Å². The van der Waals surface area contributed by atoms with Crippen LogP contribution in [0.25, 0.3) is 0 Å². The van der Waals surface area contributed by atoms with Crippen molar-refractivity contribution in [2.45, 2.75) is 477 Å². The van der Waals surface area contributed by atoms with Crippen LogP contribution in [0, 0.1) is 11.8 Å². The summed E-state index contributed by atoms with van der Waals surface area (Å²) in [6.07, 6.45) is 69.7. The standard InChI is InChI=1S/C86H168O17P2/c1-7-10-12-14-16-18-20-22-23-24-25-26-27-31-34-38-41-45-49-56-62-68-83(88)96-74-81(102-85(90)71-65-59-51-47-43-39-35-32-29-28-30-33-37-40-44-48-55-61-67-79(6)9-3)76-100-104(92,93)98-72-80(87)73-99-105(94,95)101-77-82(75-97-84(89)69-63-57-53-52-54-60-66-78(4)5)103-86(91)70-64-58-50-46-42-36-21-19-17-15-13-11-8-2/h78-82,87H,7-77H2,1-6H3,(H,92,93)(H,94,95)/t79?,80-,81-,82-/m1/s1. The molecule has 0 aliphatic carbocycles. The van der Waals surface area contributed by atoms with Gasteiger partial charge in [-0.25, -0.2) is 9.13 Å². The first-order chi connectivity index (χ1) is 50.9. The summed E-state index contributed by atoms with van der Waals surface area (Å²) in [7, 11) is -9.92. The highest BCUT2D eigenvalue weighted by molar-refractivity contribution is 7.47. The van der Waals surface area contributed by atoms with E-state index in [9.17, 15) is 43.2 Å². The molecule has 105 heavy (non-hydrogen) atoms. The number of carbonyl (C=O) groups is 4. The summed E-state index contributed by atoms with van der Waals surface area (Å²) in [5.74, 6) is -0.555. The Balaban J connectivity index is 5.19. The van der Waals surface area contributed by atoms with E-state index in [4.69, 9.17) is 37.0 Å². The Hall–Kier alpha value is -1.94. The van der Waals surface area contributed by atoms with Crippen LogP contribution in [0.15, 0.2) is 0 Å². The monoisotopic (exact) mass is 1540 g/mol. The van der Waals surface area contributed by atoms with Gasteiger partial charge in [-0.05, 0) is 37.5 Å². The second-order valence-corrected chi connectivity index (χ2v) is 34.6. The molecule has 624 valence electrons. The van der Waals surface area contributed by atoms with Crippen molar-refractivity contribution in [2.24, 2.45) is 11.8 Å². The molecule has 0 bridgehead atoms. The number of ether oxygens (including phenoxy) is 4. The number of esters is 4. The Labute approximate surface area is 645 Å². The van der Waals surface area contributed by atoms with E-state index in [-0.39, 0.29) is 25.7 Å². The number of hydrogen-bond acceptors (Lipinski definition) is 15. The molecular formula is C86H168O17P2. The summed E-state index contributed by atoms with van der Waals surface area (Å²) < 4.78 is 68.8. The lowest BCUT2D eigenvalue weighted by Crippen LogP contribution is -2.30. The number of aliphatic hydroxyl groups is 1. The third-order valence-corrected chi connectivity index (χ3v) is 22.5. The van der Waals surface area contributed by atoms with Gasteiger partial charge in [-0.3, -0.25) is 37.3 Å². The highest BCUT2D eigenvalue weighted by Gasteiger charge is 2.30. The molecule has 0 aromatic carbocycles.